The van der Waals surface area contributed by atoms with E-state index in [1.165, 1.54) is 37.1 Å². The third-order valence-electron chi connectivity index (χ3n) is 2.92. The Balaban J connectivity index is 1.96. The maximum atomic E-state index is 12.0. The number of benzene rings is 1. The molecule has 1 fully saturated rings. The van der Waals surface area contributed by atoms with Gasteiger partial charge in [0.1, 0.15) is 5.75 Å². The van der Waals surface area contributed by atoms with Crippen LogP contribution in [0.2, 0.25) is 0 Å². The summed E-state index contributed by atoms with van der Waals surface area (Å²) in [4.78, 5) is 0.195. The molecule has 1 atom stereocenters. The Morgan fingerprint density at radius 3 is 2.61 bits per heavy atom. The van der Waals surface area contributed by atoms with Crippen LogP contribution in [0.5, 0.6) is 5.75 Å². The fourth-order valence-corrected chi connectivity index (χ4v) is 4.31. The molecule has 1 saturated heterocycles. The highest BCUT2D eigenvalue weighted by Crippen LogP contribution is 2.24. The molecule has 0 spiro atoms. The average Bonchev–Trinajstić information content (AvgIpc) is 2.38. The van der Waals surface area contributed by atoms with Crippen LogP contribution in [0.4, 0.5) is 0 Å². The van der Waals surface area contributed by atoms with E-state index in [2.05, 4.69) is 4.72 Å². The molecule has 0 bridgehead atoms. The van der Waals surface area contributed by atoms with Crippen LogP contribution < -0.4 is 4.72 Å². The number of hydrogen-bond donors (Lipinski definition) is 2. The van der Waals surface area contributed by atoms with Gasteiger partial charge in [-0.15, -0.1) is 0 Å². The number of sulfonamides is 1. The highest BCUT2D eigenvalue weighted by atomic mass is 32.2. The molecule has 6 heteroatoms. The molecule has 1 unspecified atom stereocenters. The summed E-state index contributed by atoms with van der Waals surface area (Å²) in [6.45, 7) is 0.480. The Hall–Kier alpha value is -0.720. The fourth-order valence-electron chi connectivity index (χ4n) is 1.88. The van der Waals surface area contributed by atoms with E-state index in [4.69, 9.17) is 5.11 Å². The number of phenolic OH excluding ortho intramolecular Hbond substituents is 1. The zero-order chi connectivity index (χ0) is 13.0. The SMILES string of the molecule is O=S(=O)(NCC1CCCCS1)c1ccc(O)cc1. The van der Waals surface area contributed by atoms with Crippen molar-refractivity contribution in [2.75, 3.05) is 12.3 Å². The van der Waals surface area contributed by atoms with Crippen LogP contribution >= 0.6 is 11.8 Å². The van der Waals surface area contributed by atoms with Crippen molar-refractivity contribution in [3.05, 3.63) is 24.3 Å². The van der Waals surface area contributed by atoms with Gasteiger partial charge in [0.25, 0.3) is 0 Å². The van der Waals surface area contributed by atoms with Crippen molar-refractivity contribution < 1.29 is 13.5 Å². The van der Waals surface area contributed by atoms with Gasteiger partial charge in [-0.3, -0.25) is 0 Å². The Labute approximate surface area is 112 Å². The van der Waals surface area contributed by atoms with Crippen LogP contribution in [-0.4, -0.2) is 31.1 Å². The normalized spacial score (nSPS) is 20.8. The average molecular weight is 287 g/mol. The van der Waals surface area contributed by atoms with Crippen molar-refractivity contribution in [3.8, 4) is 5.75 Å². The van der Waals surface area contributed by atoms with E-state index in [1.807, 2.05) is 11.8 Å². The topological polar surface area (TPSA) is 66.4 Å². The van der Waals surface area contributed by atoms with Gasteiger partial charge in [-0.2, -0.15) is 11.8 Å². The molecule has 1 aliphatic heterocycles. The summed E-state index contributed by atoms with van der Waals surface area (Å²) < 4.78 is 26.6. The molecule has 18 heavy (non-hydrogen) atoms. The number of nitrogens with one attached hydrogen (secondary N) is 1. The summed E-state index contributed by atoms with van der Waals surface area (Å²) in [5.74, 6) is 1.18. The quantitative estimate of drug-likeness (QED) is 0.888. The molecule has 1 heterocycles. The second-order valence-electron chi connectivity index (χ2n) is 4.33. The first-order chi connectivity index (χ1) is 8.58. The number of phenols is 1. The van der Waals surface area contributed by atoms with Crippen LogP contribution in [0.25, 0.3) is 0 Å². The van der Waals surface area contributed by atoms with E-state index < -0.39 is 10.0 Å². The second kappa shape index (κ2) is 5.95. The number of rotatable bonds is 4. The van der Waals surface area contributed by atoms with Crippen LogP contribution in [0.1, 0.15) is 19.3 Å². The lowest BCUT2D eigenvalue weighted by Crippen LogP contribution is -2.31. The fraction of sp³-hybridized carbons (Fsp3) is 0.500. The van der Waals surface area contributed by atoms with Gasteiger partial charge in [-0.05, 0) is 42.9 Å². The lowest BCUT2D eigenvalue weighted by molar-refractivity contribution is 0.474. The van der Waals surface area contributed by atoms with E-state index in [0.29, 0.717) is 11.8 Å². The maximum absolute atomic E-state index is 12.0. The molecule has 0 aromatic heterocycles. The molecule has 2 N–H and O–H groups in total. The molecule has 100 valence electrons. The van der Waals surface area contributed by atoms with Gasteiger partial charge >= 0.3 is 0 Å². The van der Waals surface area contributed by atoms with Crippen molar-refractivity contribution in [2.45, 2.75) is 29.4 Å². The summed E-state index contributed by atoms with van der Waals surface area (Å²) >= 11 is 1.83. The summed E-state index contributed by atoms with van der Waals surface area (Å²) in [5.41, 5.74) is 0. The predicted octanol–water partition coefficient (Wildman–Crippen LogP) is 1.96. The van der Waals surface area contributed by atoms with Crippen molar-refractivity contribution in [2.24, 2.45) is 0 Å². The van der Waals surface area contributed by atoms with Crippen LogP contribution in [0.3, 0.4) is 0 Å². The molecule has 1 aromatic rings. The van der Waals surface area contributed by atoms with Gasteiger partial charge in [-0.1, -0.05) is 6.42 Å². The van der Waals surface area contributed by atoms with E-state index in [1.54, 1.807) is 0 Å². The van der Waals surface area contributed by atoms with E-state index in [0.717, 1.165) is 12.2 Å². The van der Waals surface area contributed by atoms with Crippen LogP contribution in [0.15, 0.2) is 29.2 Å². The van der Waals surface area contributed by atoms with Crippen molar-refractivity contribution in [3.63, 3.8) is 0 Å². The molecule has 0 amide bonds. The first-order valence-corrected chi connectivity index (χ1v) is 8.51. The smallest absolute Gasteiger partial charge is 0.240 e. The molecule has 0 aliphatic carbocycles. The summed E-state index contributed by atoms with van der Waals surface area (Å²) in [5, 5.41) is 9.52. The largest absolute Gasteiger partial charge is 0.508 e. The third-order valence-corrected chi connectivity index (χ3v) is 5.76. The molecular weight excluding hydrogens is 270 g/mol. The Kier molecular flexibility index (Phi) is 4.53. The van der Waals surface area contributed by atoms with Crippen LogP contribution in [0, 0.1) is 0 Å². The number of hydrogen-bond acceptors (Lipinski definition) is 4. The lowest BCUT2D eigenvalue weighted by atomic mass is 10.2. The molecule has 4 nitrogen and oxygen atoms in total. The Morgan fingerprint density at radius 1 is 1.28 bits per heavy atom. The van der Waals surface area contributed by atoms with E-state index >= 15 is 0 Å². The minimum atomic E-state index is -3.45. The van der Waals surface area contributed by atoms with Crippen molar-refractivity contribution in [1.82, 2.24) is 4.72 Å². The minimum absolute atomic E-state index is 0.0665. The highest BCUT2D eigenvalue weighted by Gasteiger charge is 2.18. The van der Waals surface area contributed by atoms with Crippen LogP contribution in [-0.2, 0) is 10.0 Å². The Bertz CT molecular complexity index is 479. The number of thioether (sulfide) groups is 1. The first kappa shape index (κ1) is 13.7. The molecule has 0 radical (unpaired) electrons. The maximum Gasteiger partial charge on any atom is 0.240 e. The highest BCUT2D eigenvalue weighted by molar-refractivity contribution is 8.00. The van der Waals surface area contributed by atoms with Gasteiger partial charge in [-0.25, -0.2) is 13.1 Å². The van der Waals surface area contributed by atoms with Gasteiger partial charge in [0.15, 0.2) is 0 Å². The van der Waals surface area contributed by atoms with Gasteiger partial charge in [0.05, 0.1) is 4.90 Å². The van der Waals surface area contributed by atoms with Crippen molar-refractivity contribution in [1.29, 1.82) is 0 Å². The van der Waals surface area contributed by atoms with E-state index in [9.17, 15) is 8.42 Å². The monoisotopic (exact) mass is 287 g/mol. The second-order valence-corrected chi connectivity index (χ2v) is 7.51. The molecular formula is C12H17NO3S2. The minimum Gasteiger partial charge on any atom is -0.508 e. The van der Waals surface area contributed by atoms with E-state index in [-0.39, 0.29) is 10.6 Å². The summed E-state index contributed by atoms with van der Waals surface area (Å²) in [6.07, 6.45) is 3.48. The predicted molar refractivity (Wildman–Crippen MR) is 73.4 cm³/mol. The summed E-state index contributed by atoms with van der Waals surface area (Å²) in [6, 6.07) is 5.57. The zero-order valence-corrected chi connectivity index (χ0v) is 11.6. The molecule has 1 aromatic carbocycles. The zero-order valence-electron chi connectivity index (χ0n) is 10.0. The van der Waals surface area contributed by atoms with Gasteiger partial charge < -0.3 is 5.11 Å². The number of aromatic hydroxyl groups is 1. The molecule has 1 aliphatic rings. The van der Waals surface area contributed by atoms with Gasteiger partial charge in [0.2, 0.25) is 10.0 Å². The van der Waals surface area contributed by atoms with Crippen molar-refractivity contribution >= 4 is 21.8 Å². The molecule has 0 saturated carbocycles. The third kappa shape index (κ3) is 3.63. The van der Waals surface area contributed by atoms with Gasteiger partial charge in [0, 0.05) is 11.8 Å². The lowest BCUT2D eigenvalue weighted by Gasteiger charge is -2.21. The standard InChI is InChI=1S/C12H17NO3S2/c14-10-4-6-12(7-5-10)18(15,16)13-9-11-3-1-2-8-17-11/h4-7,11,13-14H,1-3,8-9H2. The Morgan fingerprint density at radius 2 is 2.00 bits per heavy atom. The first-order valence-electron chi connectivity index (χ1n) is 5.98. The molecule has 2 rings (SSSR count). The summed E-state index contributed by atoms with van der Waals surface area (Å²) in [7, 11) is -3.45.